The van der Waals surface area contributed by atoms with E-state index in [9.17, 15) is 0 Å². The summed E-state index contributed by atoms with van der Waals surface area (Å²) in [5, 5.41) is 8.86. The van der Waals surface area contributed by atoms with E-state index in [1.807, 2.05) is 12.1 Å². The Balaban J connectivity index is 1.65. The van der Waals surface area contributed by atoms with Crippen LogP contribution in [0.15, 0.2) is 36.4 Å². The summed E-state index contributed by atoms with van der Waals surface area (Å²) in [6, 6.07) is 12.5. The Labute approximate surface area is 184 Å². The van der Waals surface area contributed by atoms with Gasteiger partial charge in [0.2, 0.25) is 0 Å². The second-order valence-corrected chi connectivity index (χ2v) is 8.42. The molecule has 166 valence electrons. The number of benzene rings is 1. The van der Waals surface area contributed by atoms with Crippen LogP contribution >= 0.6 is 0 Å². The molecule has 0 atom stereocenters. The molecule has 0 aliphatic heterocycles. The van der Waals surface area contributed by atoms with Gasteiger partial charge in [0.05, 0.1) is 18.0 Å². The lowest BCUT2D eigenvalue weighted by Gasteiger charge is -2.07. The SMILES string of the molecule is CCCCCCCCCOc1ccc(-c2ccc(CCCCCCCC)nn2)cc1. The van der Waals surface area contributed by atoms with Gasteiger partial charge in [-0.05, 0) is 55.7 Å². The lowest BCUT2D eigenvalue weighted by Crippen LogP contribution is -1.98. The molecule has 0 spiro atoms. The third kappa shape index (κ3) is 10.2. The summed E-state index contributed by atoms with van der Waals surface area (Å²) in [6.45, 7) is 5.33. The van der Waals surface area contributed by atoms with Crippen LogP contribution in [0.25, 0.3) is 11.3 Å². The molecule has 0 saturated carbocycles. The van der Waals surface area contributed by atoms with Gasteiger partial charge >= 0.3 is 0 Å². The highest BCUT2D eigenvalue weighted by atomic mass is 16.5. The van der Waals surface area contributed by atoms with Gasteiger partial charge in [0.1, 0.15) is 5.75 Å². The molecule has 1 aromatic carbocycles. The zero-order chi connectivity index (χ0) is 21.3. The molecule has 1 heterocycles. The smallest absolute Gasteiger partial charge is 0.119 e. The van der Waals surface area contributed by atoms with Crippen molar-refractivity contribution in [1.29, 1.82) is 0 Å². The zero-order valence-corrected chi connectivity index (χ0v) is 19.4. The minimum atomic E-state index is 0.806. The Morgan fingerprint density at radius 1 is 0.600 bits per heavy atom. The van der Waals surface area contributed by atoms with Gasteiger partial charge in [-0.1, -0.05) is 84.5 Å². The molecule has 30 heavy (non-hydrogen) atoms. The van der Waals surface area contributed by atoms with Gasteiger partial charge in [0, 0.05) is 5.56 Å². The van der Waals surface area contributed by atoms with Crippen LogP contribution in [0.4, 0.5) is 0 Å². The number of hydrogen-bond acceptors (Lipinski definition) is 3. The van der Waals surface area contributed by atoms with Gasteiger partial charge in [0.15, 0.2) is 0 Å². The summed E-state index contributed by atoms with van der Waals surface area (Å²) in [5.41, 5.74) is 3.13. The van der Waals surface area contributed by atoms with E-state index in [-0.39, 0.29) is 0 Å². The van der Waals surface area contributed by atoms with Crippen molar-refractivity contribution in [2.75, 3.05) is 6.61 Å². The summed E-state index contributed by atoms with van der Waals surface area (Å²) in [5.74, 6) is 0.942. The summed E-state index contributed by atoms with van der Waals surface area (Å²) in [4.78, 5) is 0. The first-order valence-electron chi connectivity index (χ1n) is 12.4. The van der Waals surface area contributed by atoms with Crippen LogP contribution in [0.3, 0.4) is 0 Å². The third-order valence-electron chi connectivity index (χ3n) is 5.67. The second kappa shape index (κ2) is 15.9. The van der Waals surface area contributed by atoms with Gasteiger partial charge in [-0.3, -0.25) is 0 Å². The number of ether oxygens (including phenoxy) is 1. The van der Waals surface area contributed by atoms with Crippen molar-refractivity contribution in [1.82, 2.24) is 10.2 Å². The number of unbranched alkanes of at least 4 members (excludes halogenated alkanes) is 11. The van der Waals surface area contributed by atoms with E-state index in [1.54, 1.807) is 0 Å². The highest BCUT2D eigenvalue weighted by Crippen LogP contribution is 2.21. The summed E-state index contributed by atoms with van der Waals surface area (Å²) < 4.78 is 5.89. The van der Waals surface area contributed by atoms with Crippen molar-refractivity contribution < 1.29 is 4.74 Å². The fraction of sp³-hybridized carbons (Fsp3) is 0.630. The van der Waals surface area contributed by atoms with E-state index in [4.69, 9.17) is 4.74 Å². The molecule has 0 saturated heterocycles. The Kier molecular flexibility index (Phi) is 12.9. The lowest BCUT2D eigenvalue weighted by atomic mass is 10.1. The largest absolute Gasteiger partial charge is 0.494 e. The highest BCUT2D eigenvalue weighted by Gasteiger charge is 2.03. The minimum Gasteiger partial charge on any atom is -0.494 e. The van der Waals surface area contributed by atoms with Crippen LogP contribution in [0.2, 0.25) is 0 Å². The van der Waals surface area contributed by atoms with E-state index in [0.29, 0.717) is 0 Å². The molecule has 1 aromatic heterocycles. The lowest BCUT2D eigenvalue weighted by molar-refractivity contribution is 0.304. The maximum atomic E-state index is 5.89. The van der Waals surface area contributed by atoms with Crippen LogP contribution in [-0.4, -0.2) is 16.8 Å². The molecular formula is C27H42N2O. The molecule has 0 bridgehead atoms. The van der Waals surface area contributed by atoms with Gasteiger partial charge in [-0.25, -0.2) is 0 Å². The van der Waals surface area contributed by atoms with Crippen LogP contribution in [0.5, 0.6) is 5.75 Å². The highest BCUT2D eigenvalue weighted by molar-refractivity contribution is 5.59. The van der Waals surface area contributed by atoms with Crippen LogP contribution in [0.1, 0.15) is 103 Å². The second-order valence-electron chi connectivity index (χ2n) is 8.42. The standard InChI is InChI=1S/C27H42N2O/c1-3-5-7-9-11-13-15-23-30-26-20-17-24(18-21-26)27-22-19-25(28-29-27)16-14-12-10-8-6-4-2/h17-22H,3-16,23H2,1-2H3. The van der Waals surface area contributed by atoms with E-state index < -0.39 is 0 Å². The summed E-state index contributed by atoms with van der Waals surface area (Å²) in [7, 11) is 0. The van der Waals surface area contributed by atoms with E-state index >= 15 is 0 Å². The zero-order valence-electron chi connectivity index (χ0n) is 19.4. The van der Waals surface area contributed by atoms with Crippen LogP contribution < -0.4 is 4.74 Å². The van der Waals surface area contributed by atoms with Crippen molar-refractivity contribution in [3.63, 3.8) is 0 Å². The monoisotopic (exact) mass is 410 g/mol. The minimum absolute atomic E-state index is 0.806. The first-order chi connectivity index (χ1) is 14.8. The number of hydrogen-bond donors (Lipinski definition) is 0. The Bertz CT molecular complexity index is 652. The molecule has 0 amide bonds. The number of aryl methyl sites for hydroxylation is 1. The fourth-order valence-corrected chi connectivity index (χ4v) is 3.70. The molecule has 2 aromatic rings. The van der Waals surface area contributed by atoms with Crippen LogP contribution in [0, 0.1) is 0 Å². The average molecular weight is 411 g/mol. The van der Waals surface area contributed by atoms with Crippen molar-refractivity contribution in [3.8, 4) is 17.0 Å². The Morgan fingerprint density at radius 2 is 1.20 bits per heavy atom. The van der Waals surface area contributed by atoms with Crippen molar-refractivity contribution >= 4 is 0 Å². The maximum absolute atomic E-state index is 5.89. The quantitative estimate of drug-likeness (QED) is 0.247. The van der Waals surface area contributed by atoms with Gasteiger partial charge in [0.25, 0.3) is 0 Å². The Hall–Kier alpha value is -1.90. The van der Waals surface area contributed by atoms with Crippen LogP contribution in [-0.2, 0) is 6.42 Å². The maximum Gasteiger partial charge on any atom is 0.119 e. The van der Waals surface area contributed by atoms with E-state index in [2.05, 4.69) is 48.3 Å². The number of rotatable bonds is 17. The average Bonchev–Trinajstić information content (AvgIpc) is 2.79. The molecule has 0 aliphatic rings. The molecule has 3 nitrogen and oxygen atoms in total. The molecule has 0 unspecified atom stereocenters. The van der Waals surface area contributed by atoms with E-state index in [0.717, 1.165) is 42.1 Å². The van der Waals surface area contributed by atoms with Gasteiger partial charge in [-0.2, -0.15) is 10.2 Å². The molecule has 0 N–H and O–H groups in total. The predicted octanol–water partition coefficient (Wildman–Crippen LogP) is 8.18. The summed E-state index contributed by atoms with van der Waals surface area (Å²) >= 11 is 0. The normalized spacial score (nSPS) is 11.0. The summed E-state index contributed by atoms with van der Waals surface area (Å²) in [6.07, 6.45) is 18.1. The number of nitrogens with zero attached hydrogens (tertiary/aromatic N) is 2. The van der Waals surface area contributed by atoms with Gasteiger partial charge in [-0.15, -0.1) is 0 Å². The molecule has 3 heteroatoms. The van der Waals surface area contributed by atoms with E-state index in [1.165, 1.54) is 77.0 Å². The molecular weight excluding hydrogens is 368 g/mol. The predicted molar refractivity (Wildman–Crippen MR) is 128 cm³/mol. The first-order valence-corrected chi connectivity index (χ1v) is 12.4. The first kappa shape index (κ1) is 24.4. The van der Waals surface area contributed by atoms with Crippen molar-refractivity contribution in [2.45, 2.75) is 104 Å². The molecule has 2 rings (SSSR count). The number of aromatic nitrogens is 2. The van der Waals surface area contributed by atoms with Gasteiger partial charge < -0.3 is 4.74 Å². The van der Waals surface area contributed by atoms with Crippen molar-refractivity contribution in [3.05, 3.63) is 42.1 Å². The topological polar surface area (TPSA) is 35.0 Å². The third-order valence-corrected chi connectivity index (χ3v) is 5.67. The molecule has 0 fully saturated rings. The molecule has 0 radical (unpaired) electrons. The molecule has 0 aliphatic carbocycles. The van der Waals surface area contributed by atoms with Crippen molar-refractivity contribution in [2.24, 2.45) is 0 Å². The Morgan fingerprint density at radius 3 is 1.80 bits per heavy atom. The fourth-order valence-electron chi connectivity index (χ4n) is 3.70.